The highest BCUT2D eigenvalue weighted by atomic mass is 16.5. The van der Waals surface area contributed by atoms with Crippen LogP contribution in [-0.4, -0.2) is 36.2 Å². The Hall–Kier alpha value is -1.10. The molecule has 2 N–H and O–H groups in total. The number of amides is 1. The number of hydrogen-bond donors (Lipinski definition) is 2. The number of hydrogen-bond acceptors (Lipinski definition) is 3. The summed E-state index contributed by atoms with van der Waals surface area (Å²) < 4.78 is 5.10. The average molecular weight is 187 g/mol. The summed E-state index contributed by atoms with van der Waals surface area (Å²) in [6, 6.07) is 0. The lowest BCUT2D eigenvalue weighted by Crippen LogP contribution is -2.50. The van der Waals surface area contributed by atoms with Gasteiger partial charge in [0.15, 0.2) is 0 Å². The molecule has 1 aliphatic rings. The van der Waals surface area contributed by atoms with Crippen molar-refractivity contribution >= 4 is 12.4 Å². The number of nitrogens with one attached hydrogen (secondary N) is 1. The summed E-state index contributed by atoms with van der Waals surface area (Å²) in [4.78, 5) is 20.9. The van der Waals surface area contributed by atoms with Gasteiger partial charge in [-0.05, 0) is 12.8 Å². The third-order valence-corrected chi connectivity index (χ3v) is 2.30. The Kier molecular flexibility index (Phi) is 3.25. The molecule has 0 aromatic heterocycles. The van der Waals surface area contributed by atoms with Gasteiger partial charge in [-0.2, -0.15) is 0 Å². The summed E-state index contributed by atoms with van der Waals surface area (Å²) in [5.74, 6) is -0.892. The van der Waals surface area contributed by atoms with Gasteiger partial charge in [0.05, 0.1) is 12.0 Å². The standard InChI is InChI=1S/C8H13NO4/c10-6-9-8(5-7(11)12)1-3-13-4-2-8/h6H,1-5H2,(H,9,10)(H,11,12). The van der Waals surface area contributed by atoms with E-state index in [0.29, 0.717) is 32.5 Å². The largest absolute Gasteiger partial charge is 0.481 e. The smallest absolute Gasteiger partial charge is 0.305 e. The van der Waals surface area contributed by atoms with Crippen LogP contribution >= 0.6 is 0 Å². The topological polar surface area (TPSA) is 75.6 Å². The molecule has 13 heavy (non-hydrogen) atoms. The van der Waals surface area contributed by atoms with Crippen molar-refractivity contribution in [2.45, 2.75) is 24.8 Å². The van der Waals surface area contributed by atoms with E-state index in [-0.39, 0.29) is 6.42 Å². The van der Waals surface area contributed by atoms with Crippen molar-refractivity contribution in [1.82, 2.24) is 5.32 Å². The molecule has 1 amide bonds. The first kappa shape index (κ1) is 9.98. The molecule has 1 rings (SSSR count). The zero-order valence-electron chi connectivity index (χ0n) is 7.28. The molecule has 0 aromatic carbocycles. The molecule has 0 atom stereocenters. The molecule has 74 valence electrons. The number of ether oxygens (including phenoxy) is 1. The molecule has 0 unspecified atom stereocenters. The van der Waals surface area contributed by atoms with Crippen LogP contribution in [0.4, 0.5) is 0 Å². The van der Waals surface area contributed by atoms with Gasteiger partial charge in [0.25, 0.3) is 0 Å². The lowest BCUT2D eigenvalue weighted by molar-refractivity contribution is -0.140. The second kappa shape index (κ2) is 4.23. The van der Waals surface area contributed by atoms with E-state index in [1.165, 1.54) is 0 Å². The van der Waals surface area contributed by atoms with E-state index in [1.807, 2.05) is 0 Å². The second-order valence-electron chi connectivity index (χ2n) is 3.23. The highest BCUT2D eigenvalue weighted by Crippen LogP contribution is 2.23. The van der Waals surface area contributed by atoms with Gasteiger partial charge in [0.1, 0.15) is 0 Å². The molecular weight excluding hydrogens is 174 g/mol. The number of aliphatic carboxylic acids is 1. The second-order valence-corrected chi connectivity index (χ2v) is 3.23. The van der Waals surface area contributed by atoms with Gasteiger partial charge >= 0.3 is 5.97 Å². The summed E-state index contributed by atoms with van der Waals surface area (Å²) in [5, 5.41) is 11.2. The Balaban J connectivity index is 2.60. The minimum absolute atomic E-state index is 0.0326. The van der Waals surface area contributed by atoms with E-state index in [0.717, 1.165) is 0 Å². The van der Waals surface area contributed by atoms with E-state index < -0.39 is 11.5 Å². The number of rotatable bonds is 4. The summed E-state index contributed by atoms with van der Waals surface area (Å²) in [5.41, 5.74) is -0.591. The van der Waals surface area contributed by atoms with Crippen LogP contribution in [0.5, 0.6) is 0 Å². The van der Waals surface area contributed by atoms with Gasteiger partial charge in [0, 0.05) is 13.2 Å². The van der Waals surface area contributed by atoms with Gasteiger partial charge < -0.3 is 15.2 Å². The number of carbonyl (C=O) groups is 2. The van der Waals surface area contributed by atoms with Crippen LogP contribution < -0.4 is 5.32 Å². The van der Waals surface area contributed by atoms with E-state index in [2.05, 4.69) is 5.32 Å². The highest BCUT2D eigenvalue weighted by molar-refractivity contribution is 5.69. The van der Waals surface area contributed by atoms with Crippen LogP contribution in [0.15, 0.2) is 0 Å². The van der Waals surface area contributed by atoms with Gasteiger partial charge in [-0.1, -0.05) is 0 Å². The van der Waals surface area contributed by atoms with E-state index in [9.17, 15) is 9.59 Å². The predicted molar refractivity (Wildman–Crippen MR) is 44.2 cm³/mol. The quantitative estimate of drug-likeness (QED) is 0.595. The van der Waals surface area contributed by atoms with Crippen LogP contribution in [-0.2, 0) is 14.3 Å². The fourth-order valence-corrected chi connectivity index (χ4v) is 1.55. The van der Waals surface area contributed by atoms with Crippen molar-refractivity contribution in [1.29, 1.82) is 0 Å². The lowest BCUT2D eigenvalue weighted by atomic mass is 9.87. The molecule has 0 aliphatic carbocycles. The van der Waals surface area contributed by atoms with Gasteiger partial charge in [-0.25, -0.2) is 0 Å². The maximum Gasteiger partial charge on any atom is 0.305 e. The molecule has 0 spiro atoms. The van der Waals surface area contributed by atoms with Crippen LogP contribution in [0.2, 0.25) is 0 Å². The van der Waals surface area contributed by atoms with E-state index >= 15 is 0 Å². The van der Waals surface area contributed by atoms with Crippen LogP contribution in [0.25, 0.3) is 0 Å². The Morgan fingerprint density at radius 3 is 2.62 bits per heavy atom. The molecule has 0 saturated carbocycles. The van der Waals surface area contributed by atoms with Crippen molar-refractivity contribution < 1.29 is 19.4 Å². The number of carbonyl (C=O) groups excluding carboxylic acids is 1. The van der Waals surface area contributed by atoms with Crippen molar-refractivity contribution in [3.8, 4) is 0 Å². The minimum Gasteiger partial charge on any atom is -0.481 e. The normalized spacial score (nSPS) is 20.6. The molecule has 1 fully saturated rings. The van der Waals surface area contributed by atoms with Crippen LogP contribution in [0.1, 0.15) is 19.3 Å². The summed E-state index contributed by atoms with van der Waals surface area (Å²) in [7, 11) is 0. The van der Waals surface area contributed by atoms with Gasteiger partial charge in [0.2, 0.25) is 6.41 Å². The third-order valence-electron chi connectivity index (χ3n) is 2.30. The van der Waals surface area contributed by atoms with Gasteiger partial charge in [-0.15, -0.1) is 0 Å². The molecule has 0 bridgehead atoms. The van der Waals surface area contributed by atoms with Crippen molar-refractivity contribution in [3.63, 3.8) is 0 Å². The fraction of sp³-hybridized carbons (Fsp3) is 0.750. The highest BCUT2D eigenvalue weighted by Gasteiger charge is 2.34. The first-order chi connectivity index (χ1) is 6.18. The first-order valence-electron chi connectivity index (χ1n) is 4.19. The Morgan fingerprint density at radius 1 is 1.54 bits per heavy atom. The number of carboxylic acid groups (broad SMARTS) is 1. The SMILES string of the molecule is O=CNC1(CC(=O)O)CCOCC1. The third kappa shape index (κ3) is 2.69. The number of carboxylic acids is 1. The molecule has 1 aliphatic heterocycles. The van der Waals surface area contributed by atoms with Crippen LogP contribution in [0, 0.1) is 0 Å². The Morgan fingerprint density at radius 2 is 2.15 bits per heavy atom. The molecule has 5 nitrogen and oxygen atoms in total. The monoisotopic (exact) mass is 187 g/mol. The summed E-state index contributed by atoms with van der Waals surface area (Å²) >= 11 is 0. The minimum atomic E-state index is -0.892. The zero-order chi connectivity index (χ0) is 9.73. The zero-order valence-corrected chi connectivity index (χ0v) is 7.28. The molecule has 5 heteroatoms. The average Bonchev–Trinajstić information content (AvgIpc) is 2.04. The van der Waals surface area contributed by atoms with Crippen molar-refractivity contribution in [2.75, 3.05) is 13.2 Å². The predicted octanol–water partition coefficient (Wildman–Crippen LogP) is -0.244. The molecule has 0 aromatic rings. The lowest BCUT2D eigenvalue weighted by Gasteiger charge is -2.35. The summed E-state index contributed by atoms with van der Waals surface area (Å²) in [6.45, 7) is 1.02. The van der Waals surface area contributed by atoms with Crippen LogP contribution in [0.3, 0.4) is 0 Å². The maximum absolute atomic E-state index is 10.6. The van der Waals surface area contributed by atoms with Crippen molar-refractivity contribution in [3.05, 3.63) is 0 Å². The van der Waals surface area contributed by atoms with E-state index in [4.69, 9.17) is 9.84 Å². The molecule has 1 saturated heterocycles. The molecule has 0 radical (unpaired) electrons. The molecular formula is C8H13NO4. The van der Waals surface area contributed by atoms with Crippen molar-refractivity contribution in [2.24, 2.45) is 0 Å². The molecule has 1 heterocycles. The Labute approximate surface area is 76.1 Å². The van der Waals surface area contributed by atoms with Gasteiger partial charge in [-0.3, -0.25) is 9.59 Å². The van der Waals surface area contributed by atoms with E-state index in [1.54, 1.807) is 0 Å². The first-order valence-corrected chi connectivity index (χ1v) is 4.19. The Bertz CT molecular complexity index is 198. The summed E-state index contributed by atoms with van der Waals surface area (Å²) in [6.07, 6.45) is 1.67. The maximum atomic E-state index is 10.6. The fourth-order valence-electron chi connectivity index (χ4n) is 1.55.